The highest BCUT2D eigenvalue weighted by molar-refractivity contribution is 6.05. The number of aliphatic hydroxyl groups excluding tert-OH is 1. The van der Waals surface area contributed by atoms with E-state index in [4.69, 9.17) is 0 Å². The van der Waals surface area contributed by atoms with Gasteiger partial charge in [-0.3, -0.25) is 14.5 Å². The summed E-state index contributed by atoms with van der Waals surface area (Å²) in [7, 11) is 1.58. The summed E-state index contributed by atoms with van der Waals surface area (Å²) in [6.45, 7) is 0.162. The maximum Gasteiger partial charge on any atom is 0.233 e. The predicted octanol–water partition coefficient (Wildman–Crippen LogP) is -0.134. The monoisotopic (exact) mass is 209 g/mol. The molecule has 0 aromatic carbocycles. The van der Waals surface area contributed by atoms with E-state index in [1.807, 2.05) is 0 Å². The molecule has 5 unspecified atom stereocenters. The number of hydrogen-bond acceptors (Lipinski definition) is 3. The highest BCUT2D eigenvalue weighted by Gasteiger charge is 2.62. The van der Waals surface area contributed by atoms with Crippen LogP contribution in [-0.2, 0) is 9.59 Å². The van der Waals surface area contributed by atoms with E-state index >= 15 is 0 Å². The lowest BCUT2D eigenvalue weighted by atomic mass is 9.75. The van der Waals surface area contributed by atoms with Crippen LogP contribution in [0.25, 0.3) is 0 Å². The van der Waals surface area contributed by atoms with E-state index in [1.54, 1.807) is 7.05 Å². The zero-order chi connectivity index (χ0) is 10.7. The number of carbonyl (C=O) groups excluding carboxylic acids is 2. The van der Waals surface area contributed by atoms with Crippen LogP contribution in [0.4, 0.5) is 0 Å². The van der Waals surface area contributed by atoms with Gasteiger partial charge in [0.05, 0.1) is 11.8 Å². The first-order valence-corrected chi connectivity index (χ1v) is 5.57. The molecular formula is C11H15NO3. The standard InChI is InChI=1S/C11H15NO3/c1-12-10(14)8-5-2-6(4-13)7(3-5)9(8)11(12)15/h5-9,13H,2-4H2,1H3. The van der Waals surface area contributed by atoms with Crippen LogP contribution in [0.1, 0.15) is 12.8 Å². The van der Waals surface area contributed by atoms with Crippen LogP contribution in [0, 0.1) is 29.6 Å². The molecule has 2 bridgehead atoms. The number of rotatable bonds is 1. The van der Waals surface area contributed by atoms with Gasteiger partial charge in [0.1, 0.15) is 0 Å². The Bertz CT molecular complexity index is 341. The Balaban J connectivity index is 1.96. The van der Waals surface area contributed by atoms with E-state index in [-0.39, 0.29) is 42.1 Å². The molecule has 2 saturated carbocycles. The number of hydrogen-bond donors (Lipinski definition) is 1. The third kappa shape index (κ3) is 0.956. The van der Waals surface area contributed by atoms with Gasteiger partial charge in [-0.1, -0.05) is 0 Å². The van der Waals surface area contributed by atoms with Crippen molar-refractivity contribution in [3.05, 3.63) is 0 Å². The van der Waals surface area contributed by atoms with Crippen molar-refractivity contribution in [1.82, 2.24) is 4.90 Å². The Kier molecular flexibility index (Phi) is 1.75. The molecule has 3 rings (SSSR count). The Morgan fingerprint density at radius 1 is 1.27 bits per heavy atom. The molecule has 0 spiro atoms. The number of carbonyl (C=O) groups is 2. The molecule has 0 aromatic heterocycles. The van der Waals surface area contributed by atoms with E-state index < -0.39 is 0 Å². The lowest BCUT2D eigenvalue weighted by Gasteiger charge is -2.26. The Morgan fingerprint density at radius 2 is 1.93 bits per heavy atom. The molecular weight excluding hydrogens is 194 g/mol. The van der Waals surface area contributed by atoms with E-state index in [2.05, 4.69) is 0 Å². The molecule has 4 nitrogen and oxygen atoms in total. The summed E-state index contributed by atoms with van der Waals surface area (Å²) in [5, 5.41) is 9.22. The number of aliphatic hydroxyl groups is 1. The molecule has 4 heteroatoms. The van der Waals surface area contributed by atoms with Crippen LogP contribution in [0.2, 0.25) is 0 Å². The maximum absolute atomic E-state index is 11.9. The van der Waals surface area contributed by atoms with E-state index in [0.717, 1.165) is 12.8 Å². The first-order chi connectivity index (χ1) is 7.15. The minimum atomic E-state index is -0.113. The van der Waals surface area contributed by atoms with Gasteiger partial charge in [0, 0.05) is 13.7 Å². The van der Waals surface area contributed by atoms with Gasteiger partial charge in [-0.2, -0.15) is 0 Å². The van der Waals surface area contributed by atoms with Gasteiger partial charge < -0.3 is 5.11 Å². The molecule has 1 saturated heterocycles. The second-order valence-corrected chi connectivity index (χ2v) is 5.13. The largest absolute Gasteiger partial charge is 0.396 e. The van der Waals surface area contributed by atoms with Crippen molar-refractivity contribution in [2.45, 2.75) is 12.8 Å². The fourth-order valence-corrected chi connectivity index (χ4v) is 3.95. The average Bonchev–Trinajstić information content (AvgIpc) is 2.86. The van der Waals surface area contributed by atoms with Crippen molar-refractivity contribution < 1.29 is 14.7 Å². The number of nitrogens with zero attached hydrogens (tertiary/aromatic N) is 1. The predicted molar refractivity (Wildman–Crippen MR) is 51.5 cm³/mol. The van der Waals surface area contributed by atoms with Crippen LogP contribution in [0.3, 0.4) is 0 Å². The number of likely N-dealkylation sites (tertiary alicyclic amines) is 1. The van der Waals surface area contributed by atoms with Gasteiger partial charge in [-0.25, -0.2) is 0 Å². The van der Waals surface area contributed by atoms with Gasteiger partial charge in [0.25, 0.3) is 0 Å². The molecule has 3 aliphatic rings. The van der Waals surface area contributed by atoms with Gasteiger partial charge in [0.15, 0.2) is 0 Å². The van der Waals surface area contributed by atoms with Crippen LogP contribution < -0.4 is 0 Å². The minimum Gasteiger partial charge on any atom is -0.396 e. The number of imide groups is 1. The highest BCUT2D eigenvalue weighted by atomic mass is 16.3. The molecule has 1 N–H and O–H groups in total. The summed E-state index contributed by atoms with van der Waals surface area (Å²) in [4.78, 5) is 25.0. The third-order valence-corrected chi connectivity index (χ3v) is 4.61. The van der Waals surface area contributed by atoms with Crippen LogP contribution in [-0.4, -0.2) is 35.5 Å². The fraction of sp³-hybridized carbons (Fsp3) is 0.818. The lowest BCUT2D eigenvalue weighted by molar-refractivity contribution is -0.139. The van der Waals surface area contributed by atoms with E-state index in [0.29, 0.717) is 5.92 Å². The Hall–Kier alpha value is -0.900. The van der Waals surface area contributed by atoms with Crippen LogP contribution >= 0.6 is 0 Å². The molecule has 2 aliphatic carbocycles. The van der Waals surface area contributed by atoms with Crippen molar-refractivity contribution in [1.29, 1.82) is 0 Å². The first-order valence-electron chi connectivity index (χ1n) is 5.57. The molecule has 5 atom stereocenters. The Morgan fingerprint density at radius 3 is 2.60 bits per heavy atom. The maximum atomic E-state index is 11.9. The second kappa shape index (κ2) is 2.82. The van der Waals surface area contributed by atoms with Gasteiger partial charge >= 0.3 is 0 Å². The van der Waals surface area contributed by atoms with Crippen molar-refractivity contribution in [3.63, 3.8) is 0 Å². The van der Waals surface area contributed by atoms with Gasteiger partial charge in [-0.15, -0.1) is 0 Å². The highest BCUT2D eigenvalue weighted by Crippen LogP contribution is 2.58. The fourth-order valence-electron chi connectivity index (χ4n) is 3.95. The zero-order valence-corrected chi connectivity index (χ0v) is 8.72. The smallest absolute Gasteiger partial charge is 0.233 e. The lowest BCUT2D eigenvalue weighted by Crippen LogP contribution is -2.31. The summed E-state index contributed by atoms with van der Waals surface area (Å²) in [5.41, 5.74) is 0. The second-order valence-electron chi connectivity index (χ2n) is 5.13. The molecule has 0 aromatic rings. The SMILES string of the molecule is CN1C(=O)C2C3CC(CO)C(C3)C2C1=O. The molecule has 3 fully saturated rings. The molecule has 2 amide bonds. The minimum absolute atomic E-state index is 0.00823. The Labute approximate surface area is 88.2 Å². The normalized spacial score (nSPS) is 47.9. The van der Waals surface area contributed by atoms with Crippen molar-refractivity contribution in [2.75, 3.05) is 13.7 Å². The topological polar surface area (TPSA) is 57.6 Å². The van der Waals surface area contributed by atoms with Crippen LogP contribution in [0.15, 0.2) is 0 Å². The van der Waals surface area contributed by atoms with Crippen molar-refractivity contribution >= 4 is 11.8 Å². The zero-order valence-electron chi connectivity index (χ0n) is 8.72. The summed E-state index contributed by atoms with van der Waals surface area (Å²) in [6.07, 6.45) is 1.89. The summed E-state index contributed by atoms with van der Waals surface area (Å²) < 4.78 is 0. The summed E-state index contributed by atoms with van der Waals surface area (Å²) >= 11 is 0. The van der Waals surface area contributed by atoms with Gasteiger partial charge in [-0.05, 0) is 30.6 Å². The quantitative estimate of drug-likeness (QED) is 0.612. The molecule has 1 aliphatic heterocycles. The molecule has 0 radical (unpaired) electrons. The average molecular weight is 209 g/mol. The summed E-state index contributed by atoms with van der Waals surface area (Å²) in [5.74, 6) is 0.669. The number of amides is 2. The molecule has 15 heavy (non-hydrogen) atoms. The summed E-state index contributed by atoms with van der Waals surface area (Å²) in [6, 6.07) is 0. The van der Waals surface area contributed by atoms with E-state index in [1.165, 1.54) is 4.90 Å². The van der Waals surface area contributed by atoms with Gasteiger partial charge in [0.2, 0.25) is 11.8 Å². The van der Waals surface area contributed by atoms with Crippen molar-refractivity contribution in [3.8, 4) is 0 Å². The molecule has 1 heterocycles. The first kappa shape index (κ1) is 9.33. The van der Waals surface area contributed by atoms with Crippen LogP contribution in [0.5, 0.6) is 0 Å². The molecule has 82 valence electrons. The van der Waals surface area contributed by atoms with Crippen molar-refractivity contribution in [2.24, 2.45) is 29.6 Å². The number of fused-ring (bicyclic) bond motifs is 5. The third-order valence-electron chi connectivity index (χ3n) is 4.61. The van der Waals surface area contributed by atoms with E-state index in [9.17, 15) is 14.7 Å².